The molecule has 1 aromatic heterocycles. The number of amides is 1. The van der Waals surface area contributed by atoms with Crippen LogP contribution in [0.3, 0.4) is 0 Å². The number of rotatable bonds is 4. The number of ether oxygens (including phenoxy) is 1. The van der Waals surface area contributed by atoms with E-state index in [1.165, 1.54) is 0 Å². The molecule has 0 atom stereocenters. The van der Waals surface area contributed by atoms with Crippen molar-refractivity contribution in [3.63, 3.8) is 0 Å². The van der Waals surface area contributed by atoms with Gasteiger partial charge in [0.05, 0.1) is 0 Å². The lowest BCUT2D eigenvalue weighted by Crippen LogP contribution is -2.33. The van der Waals surface area contributed by atoms with Gasteiger partial charge in [-0.15, -0.1) is 0 Å². The van der Waals surface area contributed by atoms with Crippen LogP contribution in [0.15, 0.2) is 12.3 Å². The van der Waals surface area contributed by atoms with E-state index in [0.29, 0.717) is 18.5 Å². The Bertz CT molecular complexity index is 432. The molecular weight excluding hydrogens is 236 g/mol. The van der Waals surface area contributed by atoms with Crippen LogP contribution in [0.1, 0.15) is 36.8 Å². The SMILES string of the molecule is CC(C)(C)OC(=O)NCCc1cc[nH]c1C(=O)O. The van der Waals surface area contributed by atoms with Gasteiger partial charge in [-0.2, -0.15) is 0 Å². The lowest BCUT2D eigenvalue weighted by atomic mass is 10.2. The van der Waals surface area contributed by atoms with E-state index in [9.17, 15) is 9.59 Å². The minimum absolute atomic E-state index is 0.154. The summed E-state index contributed by atoms with van der Waals surface area (Å²) in [7, 11) is 0. The van der Waals surface area contributed by atoms with Gasteiger partial charge in [0.1, 0.15) is 11.3 Å². The summed E-state index contributed by atoms with van der Waals surface area (Å²) in [5.41, 5.74) is 0.268. The zero-order valence-corrected chi connectivity index (χ0v) is 10.7. The minimum Gasteiger partial charge on any atom is -0.477 e. The van der Waals surface area contributed by atoms with Crippen LogP contribution >= 0.6 is 0 Å². The van der Waals surface area contributed by atoms with Gasteiger partial charge < -0.3 is 20.1 Å². The fourth-order valence-corrected chi connectivity index (χ4v) is 1.42. The smallest absolute Gasteiger partial charge is 0.407 e. The molecule has 18 heavy (non-hydrogen) atoms. The molecule has 1 heterocycles. The Morgan fingerprint density at radius 2 is 2.11 bits per heavy atom. The molecule has 0 aromatic carbocycles. The second-order valence-corrected chi connectivity index (χ2v) is 4.86. The van der Waals surface area contributed by atoms with Gasteiger partial charge >= 0.3 is 12.1 Å². The van der Waals surface area contributed by atoms with Crippen molar-refractivity contribution in [2.75, 3.05) is 6.54 Å². The maximum atomic E-state index is 11.3. The Morgan fingerprint density at radius 1 is 1.44 bits per heavy atom. The van der Waals surface area contributed by atoms with Gasteiger partial charge in [0.15, 0.2) is 0 Å². The standard InChI is InChI=1S/C12H18N2O4/c1-12(2,3)18-11(17)14-7-5-8-4-6-13-9(8)10(15)16/h4,6,13H,5,7H2,1-3H3,(H,14,17)(H,15,16). The van der Waals surface area contributed by atoms with E-state index in [-0.39, 0.29) is 5.69 Å². The van der Waals surface area contributed by atoms with Crippen LogP contribution in [0.25, 0.3) is 0 Å². The number of carbonyl (C=O) groups is 2. The number of hydrogen-bond acceptors (Lipinski definition) is 3. The molecule has 0 aliphatic carbocycles. The van der Waals surface area contributed by atoms with Gasteiger partial charge in [-0.3, -0.25) is 0 Å². The second kappa shape index (κ2) is 5.57. The highest BCUT2D eigenvalue weighted by Crippen LogP contribution is 2.08. The van der Waals surface area contributed by atoms with E-state index in [1.807, 2.05) is 0 Å². The molecule has 0 unspecified atom stereocenters. The zero-order valence-electron chi connectivity index (χ0n) is 10.7. The van der Waals surface area contributed by atoms with Crippen molar-refractivity contribution >= 4 is 12.1 Å². The van der Waals surface area contributed by atoms with Crippen molar-refractivity contribution < 1.29 is 19.4 Å². The molecule has 1 amide bonds. The number of hydrogen-bond donors (Lipinski definition) is 3. The number of carboxylic acids is 1. The van der Waals surface area contributed by atoms with E-state index in [2.05, 4.69) is 10.3 Å². The number of aromatic nitrogens is 1. The van der Waals surface area contributed by atoms with Crippen LogP contribution in [-0.4, -0.2) is 34.3 Å². The Kier molecular flexibility index (Phi) is 4.36. The molecule has 0 saturated carbocycles. The molecular formula is C12H18N2O4. The van der Waals surface area contributed by atoms with Crippen molar-refractivity contribution in [1.82, 2.24) is 10.3 Å². The number of aromatic carboxylic acids is 1. The van der Waals surface area contributed by atoms with Gasteiger partial charge in [0.2, 0.25) is 0 Å². The predicted octanol–water partition coefficient (Wildman–Crippen LogP) is 1.78. The van der Waals surface area contributed by atoms with Crippen LogP contribution in [0.5, 0.6) is 0 Å². The van der Waals surface area contributed by atoms with Gasteiger partial charge in [0, 0.05) is 12.7 Å². The fraction of sp³-hybridized carbons (Fsp3) is 0.500. The number of nitrogens with one attached hydrogen (secondary N) is 2. The number of alkyl carbamates (subject to hydrolysis) is 1. The number of carboxylic acid groups (broad SMARTS) is 1. The lowest BCUT2D eigenvalue weighted by molar-refractivity contribution is 0.0528. The molecule has 0 bridgehead atoms. The third-order valence-electron chi connectivity index (χ3n) is 2.11. The maximum absolute atomic E-state index is 11.3. The van der Waals surface area contributed by atoms with Crippen LogP contribution in [0.4, 0.5) is 4.79 Å². The van der Waals surface area contributed by atoms with Gasteiger partial charge in [-0.1, -0.05) is 0 Å². The topological polar surface area (TPSA) is 91.4 Å². The Balaban J connectivity index is 2.40. The van der Waals surface area contributed by atoms with Crippen molar-refractivity contribution in [3.05, 3.63) is 23.5 Å². The van der Waals surface area contributed by atoms with Crippen LogP contribution < -0.4 is 5.32 Å². The monoisotopic (exact) mass is 254 g/mol. The molecule has 0 radical (unpaired) electrons. The lowest BCUT2D eigenvalue weighted by Gasteiger charge is -2.19. The average Bonchev–Trinajstić information content (AvgIpc) is 2.62. The van der Waals surface area contributed by atoms with Crippen molar-refractivity contribution in [1.29, 1.82) is 0 Å². The van der Waals surface area contributed by atoms with Crippen molar-refractivity contribution in [2.24, 2.45) is 0 Å². The van der Waals surface area contributed by atoms with E-state index in [4.69, 9.17) is 9.84 Å². The average molecular weight is 254 g/mol. The maximum Gasteiger partial charge on any atom is 0.407 e. The minimum atomic E-state index is -1.01. The molecule has 1 aromatic rings. The first kappa shape index (κ1) is 14.1. The fourth-order valence-electron chi connectivity index (χ4n) is 1.42. The molecule has 1 rings (SSSR count). The summed E-state index contributed by atoms with van der Waals surface area (Å²) >= 11 is 0. The van der Waals surface area contributed by atoms with Gasteiger partial charge in [-0.05, 0) is 38.8 Å². The Labute approximate surface area is 105 Å². The first-order valence-corrected chi connectivity index (χ1v) is 5.66. The molecule has 6 nitrogen and oxygen atoms in total. The predicted molar refractivity (Wildman–Crippen MR) is 65.7 cm³/mol. The Morgan fingerprint density at radius 3 is 2.67 bits per heavy atom. The summed E-state index contributed by atoms with van der Waals surface area (Å²) in [4.78, 5) is 24.8. The van der Waals surface area contributed by atoms with E-state index < -0.39 is 17.7 Å². The molecule has 0 fully saturated rings. The molecule has 0 aliphatic rings. The molecule has 6 heteroatoms. The largest absolute Gasteiger partial charge is 0.477 e. The van der Waals surface area contributed by atoms with E-state index in [0.717, 1.165) is 0 Å². The quantitative estimate of drug-likeness (QED) is 0.763. The third-order valence-corrected chi connectivity index (χ3v) is 2.11. The van der Waals surface area contributed by atoms with Gasteiger partial charge in [-0.25, -0.2) is 9.59 Å². The first-order valence-electron chi connectivity index (χ1n) is 5.66. The molecule has 3 N–H and O–H groups in total. The van der Waals surface area contributed by atoms with E-state index >= 15 is 0 Å². The van der Waals surface area contributed by atoms with Crippen molar-refractivity contribution in [2.45, 2.75) is 32.8 Å². The van der Waals surface area contributed by atoms with Crippen LogP contribution in [0.2, 0.25) is 0 Å². The van der Waals surface area contributed by atoms with E-state index in [1.54, 1.807) is 33.0 Å². The summed E-state index contributed by atoms with van der Waals surface area (Å²) in [5, 5.41) is 11.4. The normalized spacial score (nSPS) is 11.1. The summed E-state index contributed by atoms with van der Waals surface area (Å²) in [5.74, 6) is -1.01. The first-order chi connectivity index (χ1) is 8.29. The molecule has 100 valence electrons. The molecule has 0 aliphatic heterocycles. The third kappa shape index (κ3) is 4.48. The zero-order chi connectivity index (χ0) is 13.8. The highest BCUT2D eigenvalue weighted by atomic mass is 16.6. The summed E-state index contributed by atoms with van der Waals surface area (Å²) < 4.78 is 5.06. The second-order valence-electron chi connectivity index (χ2n) is 4.86. The molecule has 0 spiro atoms. The van der Waals surface area contributed by atoms with Crippen molar-refractivity contribution in [3.8, 4) is 0 Å². The highest BCUT2D eigenvalue weighted by molar-refractivity contribution is 5.87. The summed E-state index contributed by atoms with van der Waals surface area (Å²) in [6, 6.07) is 1.68. The summed E-state index contributed by atoms with van der Waals surface area (Å²) in [6.45, 7) is 5.66. The number of aromatic amines is 1. The molecule has 0 saturated heterocycles. The number of carbonyl (C=O) groups excluding carboxylic acids is 1. The van der Waals surface area contributed by atoms with Crippen LogP contribution in [0, 0.1) is 0 Å². The number of H-pyrrole nitrogens is 1. The Hall–Kier alpha value is -1.98. The summed E-state index contributed by atoms with van der Waals surface area (Å²) in [6.07, 6.45) is 1.49. The van der Waals surface area contributed by atoms with Gasteiger partial charge in [0.25, 0.3) is 0 Å². The highest BCUT2D eigenvalue weighted by Gasteiger charge is 2.16. The van der Waals surface area contributed by atoms with Crippen LogP contribution in [-0.2, 0) is 11.2 Å².